The van der Waals surface area contributed by atoms with Crippen LogP contribution in [-0.2, 0) is 9.31 Å². The minimum atomic E-state index is -1.07. The van der Waals surface area contributed by atoms with Crippen LogP contribution in [0.4, 0.5) is 0 Å². The van der Waals surface area contributed by atoms with Crippen molar-refractivity contribution in [1.82, 2.24) is 0 Å². The number of hydrogen-bond acceptors (Lipinski definition) is 4. The first-order valence-electron chi connectivity index (χ1n) is 7.28. The first kappa shape index (κ1) is 18.4. The molecule has 1 heterocycles. The maximum Gasteiger partial charge on any atom is 0.491 e. The minimum absolute atomic E-state index is 0.0602. The highest BCUT2D eigenvalue weighted by atomic mass is 35.5. The van der Waals surface area contributed by atoms with Gasteiger partial charge in [-0.2, -0.15) is 12.6 Å². The fourth-order valence-electron chi connectivity index (χ4n) is 2.27. The van der Waals surface area contributed by atoms with Gasteiger partial charge >= 0.3 is 13.1 Å². The van der Waals surface area contributed by atoms with Gasteiger partial charge in [-0.25, -0.2) is 4.79 Å². The average molecular weight is 355 g/mol. The standard InChI is InChI=1S/C16H20BClO4S/c1-15(2)16(3,4)22-17(21-15)11(9-23)8-10-6-5-7-12(18)13(10)14(19)20/h5-8,23H,9H2,1-4H3,(H,19,20). The molecule has 0 aromatic heterocycles. The number of benzene rings is 1. The summed E-state index contributed by atoms with van der Waals surface area (Å²) in [5.74, 6) is -0.697. The van der Waals surface area contributed by atoms with E-state index >= 15 is 0 Å². The van der Waals surface area contributed by atoms with Gasteiger partial charge in [0, 0.05) is 5.75 Å². The largest absolute Gasteiger partial charge is 0.491 e. The smallest absolute Gasteiger partial charge is 0.478 e. The van der Waals surface area contributed by atoms with Gasteiger partial charge in [-0.1, -0.05) is 29.8 Å². The van der Waals surface area contributed by atoms with Crippen LogP contribution in [0, 0.1) is 0 Å². The molecule has 4 nitrogen and oxygen atoms in total. The Morgan fingerprint density at radius 3 is 2.35 bits per heavy atom. The SMILES string of the molecule is CC1(C)OB(C(=Cc2cccc(Cl)c2C(=O)O)CS)OC1(C)C. The fourth-order valence-corrected chi connectivity index (χ4v) is 2.77. The van der Waals surface area contributed by atoms with Crippen LogP contribution >= 0.6 is 24.2 Å². The Labute approximate surface area is 147 Å². The Balaban J connectivity index is 2.42. The van der Waals surface area contributed by atoms with E-state index in [1.54, 1.807) is 24.3 Å². The van der Waals surface area contributed by atoms with Crippen molar-refractivity contribution < 1.29 is 19.2 Å². The van der Waals surface area contributed by atoms with Gasteiger partial charge in [0.2, 0.25) is 0 Å². The van der Waals surface area contributed by atoms with Gasteiger partial charge in [-0.3, -0.25) is 0 Å². The van der Waals surface area contributed by atoms with E-state index in [4.69, 9.17) is 20.9 Å². The summed E-state index contributed by atoms with van der Waals surface area (Å²) in [4.78, 5) is 11.4. The van der Waals surface area contributed by atoms with Crippen LogP contribution in [0.5, 0.6) is 0 Å². The normalized spacial score (nSPS) is 19.9. The number of carbonyl (C=O) groups is 1. The van der Waals surface area contributed by atoms with Gasteiger partial charge in [-0.05, 0) is 44.8 Å². The maximum absolute atomic E-state index is 11.4. The molecule has 1 aliphatic rings. The Bertz CT molecular complexity index is 641. The lowest BCUT2D eigenvalue weighted by Gasteiger charge is -2.32. The van der Waals surface area contributed by atoms with Gasteiger partial charge in [0.25, 0.3) is 0 Å². The molecule has 0 atom stereocenters. The number of rotatable bonds is 4. The van der Waals surface area contributed by atoms with Crippen molar-refractivity contribution in [2.45, 2.75) is 38.9 Å². The molecule has 1 aliphatic heterocycles. The van der Waals surface area contributed by atoms with Crippen molar-refractivity contribution in [3.63, 3.8) is 0 Å². The maximum atomic E-state index is 11.4. The van der Waals surface area contributed by atoms with Crippen molar-refractivity contribution in [2.75, 3.05) is 5.75 Å². The highest BCUT2D eigenvalue weighted by Gasteiger charge is 2.52. The molecule has 0 unspecified atom stereocenters. The van der Waals surface area contributed by atoms with Crippen LogP contribution in [0.3, 0.4) is 0 Å². The molecule has 0 saturated carbocycles. The van der Waals surface area contributed by atoms with Gasteiger partial charge in [0.15, 0.2) is 0 Å². The number of carboxylic acid groups (broad SMARTS) is 1. The molecule has 1 aromatic rings. The fraction of sp³-hybridized carbons (Fsp3) is 0.438. The van der Waals surface area contributed by atoms with E-state index in [0.717, 1.165) is 5.47 Å². The summed E-state index contributed by atoms with van der Waals surface area (Å²) < 4.78 is 12.0. The van der Waals surface area contributed by atoms with E-state index in [1.165, 1.54) is 0 Å². The first-order chi connectivity index (χ1) is 10.6. The van der Waals surface area contributed by atoms with E-state index < -0.39 is 24.3 Å². The Kier molecular flexibility index (Phi) is 5.21. The third kappa shape index (κ3) is 3.60. The molecule has 2 rings (SSSR count). The lowest BCUT2D eigenvalue weighted by Crippen LogP contribution is -2.41. The van der Waals surface area contributed by atoms with E-state index in [-0.39, 0.29) is 10.6 Å². The number of hydrogen-bond donors (Lipinski definition) is 2. The van der Waals surface area contributed by atoms with E-state index in [0.29, 0.717) is 11.3 Å². The second-order valence-electron chi connectivity index (χ2n) is 6.47. The first-order valence-corrected chi connectivity index (χ1v) is 8.29. The molecule has 1 N–H and O–H groups in total. The second-order valence-corrected chi connectivity index (χ2v) is 7.20. The molecular formula is C16H20BClO4S. The van der Waals surface area contributed by atoms with Crippen LogP contribution in [0.1, 0.15) is 43.6 Å². The third-order valence-electron chi connectivity index (χ3n) is 4.34. The highest BCUT2D eigenvalue weighted by Crippen LogP contribution is 2.39. The summed E-state index contributed by atoms with van der Waals surface area (Å²) in [5.41, 5.74) is 0.373. The lowest BCUT2D eigenvalue weighted by molar-refractivity contribution is 0.00578. The number of carboxylic acids is 1. The number of thiol groups is 1. The number of halogens is 1. The Hall–Kier alpha value is -0.945. The molecule has 0 bridgehead atoms. The molecule has 124 valence electrons. The number of aromatic carboxylic acids is 1. The zero-order chi connectivity index (χ0) is 17.4. The zero-order valence-electron chi connectivity index (χ0n) is 13.6. The van der Waals surface area contributed by atoms with Gasteiger partial charge < -0.3 is 14.4 Å². The quantitative estimate of drug-likeness (QED) is 0.634. The average Bonchev–Trinajstić information content (AvgIpc) is 2.64. The summed E-state index contributed by atoms with van der Waals surface area (Å²) in [5, 5.41) is 9.56. The summed E-state index contributed by atoms with van der Waals surface area (Å²) in [6, 6.07) is 4.96. The van der Waals surface area contributed by atoms with Crippen molar-refractivity contribution in [3.8, 4) is 0 Å². The summed E-state index contributed by atoms with van der Waals surface area (Å²) in [6.07, 6.45) is 1.73. The molecule has 1 fully saturated rings. The molecular weight excluding hydrogens is 335 g/mol. The summed E-state index contributed by atoms with van der Waals surface area (Å²) >= 11 is 10.3. The van der Waals surface area contributed by atoms with Crippen LogP contribution in [0.25, 0.3) is 6.08 Å². The van der Waals surface area contributed by atoms with Crippen LogP contribution < -0.4 is 0 Å². The highest BCUT2D eigenvalue weighted by molar-refractivity contribution is 7.80. The molecule has 0 spiro atoms. The molecule has 23 heavy (non-hydrogen) atoms. The minimum Gasteiger partial charge on any atom is -0.478 e. The summed E-state index contributed by atoms with van der Waals surface area (Å²) in [6.45, 7) is 7.85. The predicted octanol–water partition coefficient (Wildman–Crippen LogP) is 3.98. The summed E-state index contributed by atoms with van der Waals surface area (Å²) in [7, 11) is -0.571. The Morgan fingerprint density at radius 2 is 1.87 bits per heavy atom. The van der Waals surface area contributed by atoms with E-state index in [2.05, 4.69) is 12.6 Å². The van der Waals surface area contributed by atoms with Crippen molar-refractivity contribution in [2.24, 2.45) is 0 Å². The monoisotopic (exact) mass is 354 g/mol. The lowest BCUT2D eigenvalue weighted by atomic mass is 9.78. The predicted molar refractivity (Wildman–Crippen MR) is 96.3 cm³/mol. The zero-order valence-corrected chi connectivity index (χ0v) is 15.2. The van der Waals surface area contributed by atoms with Crippen molar-refractivity contribution >= 4 is 43.4 Å². The second kappa shape index (κ2) is 6.51. The molecule has 0 amide bonds. The molecule has 1 aromatic carbocycles. The van der Waals surface area contributed by atoms with Crippen LogP contribution in [0.2, 0.25) is 5.02 Å². The van der Waals surface area contributed by atoms with Crippen molar-refractivity contribution in [1.29, 1.82) is 0 Å². The van der Waals surface area contributed by atoms with Crippen LogP contribution in [-0.4, -0.2) is 35.1 Å². The van der Waals surface area contributed by atoms with E-state index in [1.807, 2.05) is 27.7 Å². The molecule has 7 heteroatoms. The van der Waals surface area contributed by atoms with Gasteiger partial charge in [0.1, 0.15) is 0 Å². The van der Waals surface area contributed by atoms with Crippen LogP contribution in [0.15, 0.2) is 23.7 Å². The van der Waals surface area contributed by atoms with Crippen molar-refractivity contribution in [3.05, 3.63) is 39.8 Å². The van der Waals surface area contributed by atoms with Gasteiger partial charge in [0.05, 0.1) is 21.8 Å². The molecule has 0 aliphatic carbocycles. The Morgan fingerprint density at radius 1 is 1.30 bits per heavy atom. The molecule has 1 saturated heterocycles. The molecule has 0 radical (unpaired) electrons. The van der Waals surface area contributed by atoms with E-state index in [9.17, 15) is 9.90 Å². The topological polar surface area (TPSA) is 55.8 Å². The van der Waals surface area contributed by atoms with Gasteiger partial charge in [-0.15, -0.1) is 0 Å². The third-order valence-corrected chi connectivity index (χ3v) is 5.02.